The van der Waals surface area contributed by atoms with Crippen LogP contribution in [0.4, 0.5) is 5.82 Å². The van der Waals surface area contributed by atoms with Crippen LogP contribution in [0.25, 0.3) is 0 Å². The van der Waals surface area contributed by atoms with Gasteiger partial charge in [0.05, 0.1) is 12.2 Å². The summed E-state index contributed by atoms with van der Waals surface area (Å²) in [6.07, 6.45) is 6.59. The Morgan fingerprint density at radius 3 is 3.00 bits per heavy atom. The Morgan fingerprint density at radius 1 is 1.64 bits per heavy atom. The number of nitrogen functional groups attached to an aromatic ring is 1. The van der Waals surface area contributed by atoms with Gasteiger partial charge < -0.3 is 5.73 Å². The molecule has 0 spiro atoms. The fourth-order valence-electron chi connectivity index (χ4n) is 2.43. The molecule has 14 heavy (non-hydrogen) atoms. The predicted molar refractivity (Wildman–Crippen MR) is 58.3 cm³/mol. The third-order valence-corrected chi connectivity index (χ3v) is 3.54. The Morgan fingerprint density at radius 2 is 2.43 bits per heavy atom. The maximum absolute atomic E-state index is 5.89. The Hall–Kier alpha value is -0.700. The minimum absolute atomic E-state index is 0.465. The quantitative estimate of drug-likeness (QED) is 0.821. The van der Waals surface area contributed by atoms with Crippen molar-refractivity contribution in [3.05, 3.63) is 11.2 Å². The zero-order valence-electron chi connectivity index (χ0n) is 8.41. The van der Waals surface area contributed by atoms with Gasteiger partial charge in [-0.3, -0.25) is 0 Å². The molecule has 0 radical (unpaired) electrons. The van der Waals surface area contributed by atoms with Crippen molar-refractivity contribution in [2.75, 3.05) is 5.73 Å². The van der Waals surface area contributed by atoms with E-state index >= 15 is 0 Å². The molecule has 2 unspecified atom stereocenters. The highest BCUT2D eigenvalue weighted by atomic mass is 35.5. The third-order valence-electron chi connectivity index (χ3n) is 3.24. The van der Waals surface area contributed by atoms with Crippen LogP contribution in [-0.2, 0) is 0 Å². The highest BCUT2D eigenvalue weighted by Crippen LogP contribution is 2.39. The molecule has 0 amide bonds. The van der Waals surface area contributed by atoms with E-state index in [4.69, 9.17) is 17.3 Å². The van der Waals surface area contributed by atoms with E-state index in [-0.39, 0.29) is 0 Å². The van der Waals surface area contributed by atoms with E-state index in [1.54, 1.807) is 6.20 Å². The minimum atomic E-state index is 0.465. The van der Waals surface area contributed by atoms with Gasteiger partial charge in [0, 0.05) is 0 Å². The van der Waals surface area contributed by atoms with Crippen molar-refractivity contribution in [2.45, 2.75) is 38.6 Å². The van der Waals surface area contributed by atoms with E-state index in [0.29, 0.717) is 22.8 Å². The maximum Gasteiger partial charge on any atom is 0.140 e. The normalized spacial score (nSPS) is 27.0. The molecule has 1 aromatic heterocycles. The number of nitrogens with two attached hydrogens (primary N) is 1. The summed E-state index contributed by atoms with van der Waals surface area (Å²) in [5.74, 6) is 1.34. The Balaban J connectivity index is 2.26. The molecule has 0 saturated heterocycles. The summed E-state index contributed by atoms with van der Waals surface area (Å²) in [6.45, 7) is 2.23. The Kier molecular flexibility index (Phi) is 2.68. The zero-order valence-corrected chi connectivity index (χ0v) is 9.17. The van der Waals surface area contributed by atoms with Crippen molar-refractivity contribution in [1.29, 1.82) is 0 Å². The summed E-state index contributed by atoms with van der Waals surface area (Å²) in [4.78, 5) is 0. The minimum Gasteiger partial charge on any atom is -0.383 e. The van der Waals surface area contributed by atoms with Crippen molar-refractivity contribution in [3.8, 4) is 0 Å². The highest BCUT2D eigenvalue weighted by molar-refractivity contribution is 6.32. The number of halogens is 1. The zero-order chi connectivity index (χ0) is 10.1. The monoisotopic (exact) mass is 213 g/mol. The molecule has 1 heterocycles. The lowest BCUT2D eigenvalue weighted by Crippen LogP contribution is -2.16. The number of aromatic nitrogens is 2. The van der Waals surface area contributed by atoms with Gasteiger partial charge in [-0.2, -0.15) is 5.10 Å². The van der Waals surface area contributed by atoms with Gasteiger partial charge in [0.1, 0.15) is 10.8 Å². The molecule has 2 atom stereocenters. The predicted octanol–water partition coefficient (Wildman–Crippen LogP) is 2.87. The van der Waals surface area contributed by atoms with Crippen molar-refractivity contribution >= 4 is 17.4 Å². The molecular formula is C10H16ClN3. The first-order valence-corrected chi connectivity index (χ1v) is 5.60. The average Bonchev–Trinajstić information content (AvgIpc) is 2.75. The van der Waals surface area contributed by atoms with Gasteiger partial charge in [-0.05, 0) is 18.8 Å². The molecular weight excluding hydrogens is 198 g/mol. The van der Waals surface area contributed by atoms with E-state index < -0.39 is 0 Å². The number of nitrogens with zero attached hydrogens (tertiary/aromatic N) is 2. The summed E-state index contributed by atoms with van der Waals surface area (Å²) >= 11 is 5.89. The molecule has 1 aliphatic carbocycles. The summed E-state index contributed by atoms with van der Waals surface area (Å²) in [5, 5.41) is 4.83. The first-order chi connectivity index (χ1) is 6.74. The molecule has 3 nitrogen and oxygen atoms in total. The summed E-state index contributed by atoms with van der Waals surface area (Å²) < 4.78 is 1.91. The van der Waals surface area contributed by atoms with Gasteiger partial charge in [-0.1, -0.05) is 31.4 Å². The fraction of sp³-hybridized carbons (Fsp3) is 0.700. The first-order valence-electron chi connectivity index (χ1n) is 5.22. The van der Waals surface area contributed by atoms with Crippen LogP contribution in [0, 0.1) is 5.92 Å². The molecule has 1 fully saturated rings. The second-order valence-electron chi connectivity index (χ2n) is 3.99. The smallest absolute Gasteiger partial charge is 0.140 e. The summed E-state index contributed by atoms with van der Waals surface area (Å²) in [7, 11) is 0. The maximum atomic E-state index is 5.89. The lowest BCUT2D eigenvalue weighted by atomic mass is 10.0. The number of anilines is 1. The molecule has 2 N–H and O–H groups in total. The van der Waals surface area contributed by atoms with Crippen LogP contribution in [0.5, 0.6) is 0 Å². The molecule has 1 aromatic rings. The van der Waals surface area contributed by atoms with Crippen LogP contribution >= 0.6 is 11.6 Å². The molecule has 0 aliphatic heterocycles. The molecule has 1 saturated carbocycles. The molecule has 78 valence electrons. The largest absolute Gasteiger partial charge is 0.383 e. The Labute approximate surface area is 89.2 Å². The van der Waals surface area contributed by atoms with Crippen LogP contribution in [0.1, 0.15) is 38.6 Å². The number of rotatable bonds is 2. The molecule has 2 rings (SSSR count). The van der Waals surface area contributed by atoms with Crippen molar-refractivity contribution in [1.82, 2.24) is 9.78 Å². The van der Waals surface area contributed by atoms with Gasteiger partial charge in [0.25, 0.3) is 0 Å². The van der Waals surface area contributed by atoms with E-state index in [9.17, 15) is 0 Å². The molecule has 0 bridgehead atoms. The fourth-order valence-corrected chi connectivity index (χ4v) is 2.56. The van der Waals surface area contributed by atoms with Gasteiger partial charge in [-0.25, -0.2) is 4.68 Å². The van der Waals surface area contributed by atoms with Crippen LogP contribution < -0.4 is 5.73 Å². The van der Waals surface area contributed by atoms with Gasteiger partial charge in [-0.15, -0.1) is 0 Å². The topological polar surface area (TPSA) is 43.8 Å². The second kappa shape index (κ2) is 3.81. The number of hydrogen-bond acceptors (Lipinski definition) is 2. The van der Waals surface area contributed by atoms with Crippen LogP contribution in [0.2, 0.25) is 5.02 Å². The van der Waals surface area contributed by atoms with E-state index in [1.165, 1.54) is 25.7 Å². The lowest BCUT2D eigenvalue weighted by Gasteiger charge is -2.19. The van der Waals surface area contributed by atoms with E-state index in [1.807, 2.05) is 4.68 Å². The van der Waals surface area contributed by atoms with Crippen LogP contribution in [0.15, 0.2) is 6.20 Å². The SMILES string of the molecule is CCC1CCCC1n1ncc(Cl)c1N. The molecule has 1 aliphatic rings. The van der Waals surface area contributed by atoms with Crippen LogP contribution in [-0.4, -0.2) is 9.78 Å². The molecule has 0 aromatic carbocycles. The van der Waals surface area contributed by atoms with Gasteiger partial charge in [0.15, 0.2) is 0 Å². The van der Waals surface area contributed by atoms with Crippen molar-refractivity contribution < 1.29 is 0 Å². The first kappa shape index (κ1) is 9.84. The van der Waals surface area contributed by atoms with Gasteiger partial charge >= 0.3 is 0 Å². The van der Waals surface area contributed by atoms with Crippen molar-refractivity contribution in [2.24, 2.45) is 5.92 Å². The standard InChI is InChI=1S/C10H16ClN3/c1-2-7-4-3-5-9(7)14-10(12)8(11)6-13-14/h6-7,9H,2-5,12H2,1H3. The summed E-state index contributed by atoms with van der Waals surface area (Å²) in [5.41, 5.74) is 5.87. The van der Waals surface area contributed by atoms with Crippen molar-refractivity contribution in [3.63, 3.8) is 0 Å². The lowest BCUT2D eigenvalue weighted by molar-refractivity contribution is 0.347. The second-order valence-corrected chi connectivity index (χ2v) is 4.40. The van der Waals surface area contributed by atoms with E-state index in [0.717, 1.165) is 0 Å². The van der Waals surface area contributed by atoms with Gasteiger partial charge in [0.2, 0.25) is 0 Å². The average molecular weight is 214 g/mol. The Bertz CT molecular complexity index is 321. The molecule has 4 heteroatoms. The number of hydrogen-bond donors (Lipinski definition) is 1. The van der Waals surface area contributed by atoms with E-state index in [2.05, 4.69) is 12.0 Å². The highest BCUT2D eigenvalue weighted by Gasteiger charge is 2.29. The van der Waals surface area contributed by atoms with Crippen LogP contribution in [0.3, 0.4) is 0 Å². The third kappa shape index (κ3) is 1.50. The summed E-state index contributed by atoms with van der Waals surface area (Å²) in [6, 6.07) is 0.465.